The zero-order chi connectivity index (χ0) is 24.5. The van der Waals surface area contributed by atoms with Crippen molar-refractivity contribution in [2.75, 3.05) is 11.1 Å². The molecule has 2 heterocycles. The maximum Gasteiger partial charge on any atom is 0.403 e. The van der Waals surface area contributed by atoms with Crippen LogP contribution in [0.2, 0.25) is 0 Å². The highest BCUT2D eigenvalue weighted by molar-refractivity contribution is 7.91. The summed E-state index contributed by atoms with van der Waals surface area (Å²) < 4.78 is 91.2. The number of alkyl halides is 3. The Kier molecular flexibility index (Phi) is 6.61. The van der Waals surface area contributed by atoms with Crippen LogP contribution in [0.25, 0.3) is 22.5 Å². The van der Waals surface area contributed by atoms with Crippen LogP contribution in [0.1, 0.15) is 32.1 Å². The van der Waals surface area contributed by atoms with E-state index in [1.165, 1.54) is 12.3 Å². The molecule has 4 rings (SSSR count). The van der Waals surface area contributed by atoms with Crippen molar-refractivity contribution in [1.82, 2.24) is 15.0 Å². The van der Waals surface area contributed by atoms with Crippen LogP contribution >= 0.6 is 0 Å². The smallest absolute Gasteiger partial charge is 0.367 e. The number of hydrogen-bond donors (Lipinski definition) is 2. The van der Waals surface area contributed by atoms with Gasteiger partial charge in [-0.05, 0) is 37.1 Å². The number of imidazole rings is 1. The number of pyridine rings is 1. The van der Waals surface area contributed by atoms with Crippen molar-refractivity contribution in [2.24, 2.45) is 0 Å². The van der Waals surface area contributed by atoms with Crippen molar-refractivity contribution < 1.29 is 30.4 Å². The fraction of sp³-hybridized carbons (Fsp3) is 0.364. The Morgan fingerprint density at radius 2 is 1.79 bits per heavy atom. The number of nitrogens with zero attached hydrogens (tertiary/aromatic N) is 2. The molecule has 0 bridgehead atoms. The number of hydrogen-bond acceptors (Lipinski definition) is 5. The fourth-order valence-corrected chi connectivity index (χ4v) is 5.05. The van der Waals surface area contributed by atoms with Gasteiger partial charge in [0.2, 0.25) is 15.0 Å². The zero-order valence-corrected chi connectivity index (χ0v) is 18.6. The molecule has 0 atom stereocenters. The maximum absolute atomic E-state index is 14.6. The van der Waals surface area contributed by atoms with Gasteiger partial charge in [0.05, 0.1) is 11.4 Å². The third kappa shape index (κ3) is 5.54. The monoisotopic (exact) mass is 500 g/mol. The summed E-state index contributed by atoms with van der Waals surface area (Å²) in [6, 6.07) is 5.85. The van der Waals surface area contributed by atoms with Crippen molar-refractivity contribution >= 4 is 15.7 Å². The predicted molar refractivity (Wildman–Crippen MR) is 116 cm³/mol. The summed E-state index contributed by atoms with van der Waals surface area (Å²) in [6.07, 6.45) is 1.65. The summed E-state index contributed by atoms with van der Waals surface area (Å²) in [5, 5.41) is 2.34. The Hall–Kier alpha value is -3.02. The van der Waals surface area contributed by atoms with Crippen molar-refractivity contribution in [1.29, 1.82) is 0 Å². The number of halogens is 5. The van der Waals surface area contributed by atoms with E-state index in [9.17, 15) is 30.4 Å². The molecule has 2 N–H and O–H groups in total. The van der Waals surface area contributed by atoms with Gasteiger partial charge in [-0.2, -0.15) is 13.2 Å². The first-order chi connectivity index (χ1) is 16.0. The predicted octanol–water partition coefficient (Wildman–Crippen LogP) is 5.50. The van der Waals surface area contributed by atoms with Crippen molar-refractivity contribution in [2.45, 2.75) is 49.5 Å². The molecule has 0 spiro atoms. The summed E-state index contributed by atoms with van der Waals surface area (Å²) in [7, 11) is -4.91. The summed E-state index contributed by atoms with van der Waals surface area (Å²) in [5.41, 5.74) is -0.221. The topological polar surface area (TPSA) is 87.7 Å². The number of sulfone groups is 1. The third-order valence-corrected chi connectivity index (χ3v) is 7.01. The molecule has 34 heavy (non-hydrogen) atoms. The van der Waals surface area contributed by atoms with E-state index in [1.54, 1.807) is 6.07 Å². The average molecular weight is 500 g/mol. The van der Waals surface area contributed by atoms with Crippen LogP contribution in [-0.2, 0) is 9.84 Å². The largest absolute Gasteiger partial charge is 0.403 e. The van der Waals surface area contributed by atoms with Crippen LogP contribution in [0.5, 0.6) is 0 Å². The van der Waals surface area contributed by atoms with E-state index in [2.05, 4.69) is 20.3 Å². The Balaban J connectivity index is 1.79. The molecule has 1 aliphatic rings. The number of nitrogens with one attached hydrogen (secondary N) is 2. The molecule has 12 heteroatoms. The van der Waals surface area contributed by atoms with Crippen molar-refractivity contribution in [3.05, 3.63) is 48.2 Å². The van der Waals surface area contributed by atoms with Crippen LogP contribution in [-0.4, -0.2) is 41.3 Å². The summed E-state index contributed by atoms with van der Waals surface area (Å²) in [6.45, 7) is 0. The molecule has 2 aromatic heterocycles. The van der Waals surface area contributed by atoms with Crippen molar-refractivity contribution in [3.63, 3.8) is 0 Å². The number of aromatic nitrogens is 3. The molecule has 0 radical (unpaired) electrons. The summed E-state index contributed by atoms with van der Waals surface area (Å²) in [5.74, 6) is -3.56. The van der Waals surface area contributed by atoms with Crippen LogP contribution < -0.4 is 5.32 Å². The molecule has 1 aromatic carbocycles. The lowest BCUT2D eigenvalue weighted by atomic mass is 9.95. The molecular weight excluding hydrogens is 479 g/mol. The van der Waals surface area contributed by atoms with Gasteiger partial charge >= 0.3 is 6.18 Å². The quantitative estimate of drug-likeness (QED) is 0.437. The molecule has 0 aliphatic heterocycles. The molecular formula is C22H21F5N4O2S. The second-order valence-corrected chi connectivity index (χ2v) is 10.1. The second-order valence-electron chi connectivity index (χ2n) is 8.17. The SMILES string of the molecule is O=S(=O)(CC(F)(F)F)c1nc(-c2ccnc(NC3CCCCC3)c2)c(-c2ccc(F)cc2F)[nH]1. The molecule has 182 valence electrons. The Morgan fingerprint density at radius 3 is 2.47 bits per heavy atom. The molecule has 0 unspecified atom stereocenters. The van der Waals surface area contributed by atoms with E-state index in [4.69, 9.17) is 0 Å². The normalized spacial score (nSPS) is 15.4. The molecule has 3 aromatic rings. The maximum atomic E-state index is 14.6. The number of aromatic amines is 1. The second kappa shape index (κ2) is 9.32. The van der Waals surface area contributed by atoms with Gasteiger partial charge in [-0.1, -0.05) is 19.3 Å². The van der Waals surface area contributed by atoms with Gasteiger partial charge in [-0.15, -0.1) is 0 Å². The van der Waals surface area contributed by atoms with Gasteiger partial charge in [0.15, 0.2) is 5.75 Å². The number of H-pyrrole nitrogens is 1. The van der Waals surface area contributed by atoms with E-state index >= 15 is 0 Å². The van der Waals surface area contributed by atoms with Crippen molar-refractivity contribution in [3.8, 4) is 22.5 Å². The number of rotatable bonds is 6. The van der Waals surface area contributed by atoms with E-state index in [1.807, 2.05) is 0 Å². The van der Waals surface area contributed by atoms with Gasteiger partial charge in [-0.3, -0.25) is 0 Å². The Labute approximate surface area is 192 Å². The van der Waals surface area contributed by atoms with Crippen LogP contribution in [0.15, 0.2) is 41.7 Å². The van der Waals surface area contributed by atoms with Gasteiger partial charge in [0.25, 0.3) is 0 Å². The molecule has 1 saturated carbocycles. The Morgan fingerprint density at radius 1 is 1.06 bits per heavy atom. The molecule has 0 amide bonds. The standard InChI is InChI=1S/C22H21F5N4O2S/c23-14-6-7-16(17(24)11-14)20-19(30-21(31-20)34(32,33)12-22(25,26)27)13-8-9-28-18(10-13)29-15-4-2-1-3-5-15/h6-11,15H,1-5,12H2,(H,28,29)(H,30,31). The van der Waals surface area contributed by atoms with E-state index < -0.39 is 38.6 Å². The average Bonchev–Trinajstić information content (AvgIpc) is 3.19. The first-order valence-corrected chi connectivity index (χ1v) is 12.2. The van der Waals surface area contributed by atoms with E-state index in [0.29, 0.717) is 17.4 Å². The summed E-state index contributed by atoms with van der Waals surface area (Å²) in [4.78, 5) is 10.5. The lowest BCUT2D eigenvalue weighted by molar-refractivity contribution is -0.106. The summed E-state index contributed by atoms with van der Waals surface area (Å²) >= 11 is 0. The van der Waals surface area contributed by atoms with E-state index in [0.717, 1.165) is 44.2 Å². The van der Waals surface area contributed by atoms with E-state index in [-0.39, 0.29) is 23.0 Å². The first-order valence-electron chi connectivity index (χ1n) is 10.6. The van der Waals surface area contributed by atoms with Gasteiger partial charge in [-0.25, -0.2) is 27.2 Å². The highest BCUT2D eigenvalue weighted by Gasteiger charge is 2.38. The van der Waals surface area contributed by atoms with Gasteiger partial charge in [0, 0.05) is 29.4 Å². The molecule has 1 fully saturated rings. The minimum atomic E-state index is -5.00. The Bertz CT molecular complexity index is 1280. The van der Waals surface area contributed by atoms with Crippen LogP contribution in [0.4, 0.5) is 27.8 Å². The first kappa shape index (κ1) is 24.1. The minimum Gasteiger partial charge on any atom is -0.367 e. The van der Waals surface area contributed by atoms with Crippen LogP contribution in [0.3, 0.4) is 0 Å². The van der Waals surface area contributed by atoms with Gasteiger partial charge in [0.1, 0.15) is 17.5 Å². The highest BCUT2D eigenvalue weighted by Crippen LogP contribution is 2.35. The lowest BCUT2D eigenvalue weighted by Crippen LogP contribution is -2.23. The minimum absolute atomic E-state index is 0.0969. The molecule has 1 aliphatic carbocycles. The van der Waals surface area contributed by atoms with Gasteiger partial charge < -0.3 is 10.3 Å². The molecule has 0 saturated heterocycles. The third-order valence-electron chi connectivity index (χ3n) is 5.52. The number of benzene rings is 1. The fourth-order valence-electron chi connectivity index (χ4n) is 3.99. The number of anilines is 1. The highest BCUT2D eigenvalue weighted by atomic mass is 32.2. The zero-order valence-electron chi connectivity index (χ0n) is 17.8. The lowest BCUT2D eigenvalue weighted by Gasteiger charge is -2.23. The van der Waals surface area contributed by atoms with Crippen LogP contribution in [0, 0.1) is 11.6 Å². The molecule has 6 nitrogen and oxygen atoms in total.